The van der Waals surface area contributed by atoms with E-state index in [9.17, 15) is 23.3 Å². The van der Waals surface area contributed by atoms with E-state index in [-0.39, 0.29) is 17.0 Å². The van der Waals surface area contributed by atoms with Crippen molar-refractivity contribution in [1.29, 1.82) is 0 Å². The van der Waals surface area contributed by atoms with Gasteiger partial charge in [0, 0.05) is 12.1 Å². The van der Waals surface area contributed by atoms with Crippen molar-refractivity contribution in [2.45, 2.75) is 30.7 Å². The van der Waals surface area contributed by atoms with E-state index in [1.54, 1.807) is 6.92 Å². The van der Waals surface area contributed by atoms with Gasteiger partial charge in [0.25, 0.3) is 5.69 Å². The molecule has 0 saturated heterocycles. The fourth-order valence-electron chi connectivity index (χ4n) is 1.69. The lowest BCUT2D eigenvalue weighted by Gasteiger charge is -2.16. The predicted octanol–water partition coefficient (Wildman–Crippen LogP) is 0.907. The molecule has 0 aliphatic heterocycles. The average molecular weight is 317 g/mol. The van der Waals surface area contributed by atoms with E-state index in [0.29, 0.717) is 6.42 Å². The first-order chi connectivity index (χ1) is 9.65. The summed E-state index contributed by atoms with van der Waals surface area (Å²) in [6, 6.07) is 2.65. The first-order valence-electron chi connectivity index (χ1n) is 5.94. The summed E-state index contributed by atoms with van der Waals surface area (Å²) in [5.74, 6) is -1.04. The van der Waals surface area contributed by atoms with Gasteiger partial charge < -0.3 is 10.4 Å². The summed E-state index contributed by atoms with van der Waals surface area (Å²) >= 11 is 0. The van der Waals surface area contributed by atoms with Crippen molar-refractivity contribution < 1.29 is 23.2 Å². The molecular formula is C11H15N3O6S. The number of anilines is 1. The maximum absolute atomic E-state index is 11.2. The number of rotatable bonds is 7. The number of nitrogens with zero attached hydrogens (tertiary/aromatic N) is 1. The zero-order valence-corrected chi connectivity index (χ0v) is 12.0. The normalized spacial score (nSPS) is 12.7. The van der Waals surface area contributed by atoms with E-state index >= 15 is 0 Å². The first kappa shape index (κ1) is 16.9. The van der Waals surface area contributed by atoms with Crippen LogP contribution >= 0.6 is 0 Å². The largest absolute Gasteiger partial charge is 0.481 e. The van der Waals surface area contributed by atoms with Crippen molar-refractivity contribution in [2.24, 2.45) is 5.14 Å². The van der Waals surface area contributed by atoms with E-state index in [1.165, 1.54) is 6.07 Å². The van der Waals surface area contributed by atoms with E-state index < -0.39 is 32.6 Å². The van der Waals surface area contributed by atoms with Crippen molar-refractivity contribution in [3.8, 4) is 0 Å². The molecule has 9 nitrogen and oxygen atoms in total. The third kappa shape index (κ3) is 4.68. The van der Waals surface area contributed by atoms with Crippen LogP contribution in [0.4, 0.5) is 11.4 Å². The molecule has 116 valence electrons. The van der Waals surface area contributed by atoms with Crippen LogP contribution < -0.4 is 10.5 Å². The summed E-state index contributed by atoms with van der Waals surface area (Å²) in [4.78, 5) is 20.6. The topological polar surface area (TPSA) is 153 Å². The lowest BCUT2D eigenvalue weighted by molar-refractivity contribution is -0.384. The van der Waals surface area contributed by atoms with Gasteiger partial charge in [-0.15, -0.1) is 0 Å². The Morgan fingerprint density at radius 1 is 1.52 bits per heavy atom. The monoisotopic (exact) mass is 317 g/mol. The third-order valence-electron chi connectivity index (χ3n) is 2.77. The second kappa shape index (κ2) is 6.50. The number of carboxylic acid groups (broad SMARTS) is 1. The number of carbonyl (C=O) groups is 1. The van der Waals surface area contributed by atoms with Gasteiger partial charge in [0.05, 0.1) is 16.2 Å². The molecule has 0 heterocycles. The van der Waals surface area contributed by atoms with Gasteiger partial charge in [-0.1, -0.05) is 6.92 Å². The highest BCUT2D eigenvalue weighted by atomic mass is 32.2. The molecule has 1 aromatic carbocycles. The standard InChI is InChI=1S/C11H15N3O6S/c1-2-7(5-11(15)16)13-9-4-3-8(21(12,19)20)6-10(9)14(17)18/h3-4,6-7,13H,2,5H2,1H3,(H,15,16)(H2,12,19,20). The Morgan fingerprint density at radius 2 is 2.14 bits per heavy atom. The highest BCUT2D eigenvalue weighted by molar-refractivity contribution is 7.89. The van der Waals surface area contributed by atoms with Gasteiger partial charge >= 0.3 is 5.97 Å². The van der Waals surface area contributed by atoms with Gasteiger partial charge in [0.1, 0.15) is 5.69 Å². The van der Waals surface area contributed by atoms with Crippen molar-refractivity contribution >= 4 is 27.4 Å². The Morgan fingerprint density at radius 3 is 2.57 bits per heavy atom. The molecule has 0 radical (unpaired) electrons. The number of carboxylic acids is 1. The Labute approximate surface area is 121 Å². The molecule has 0 aromatic heterocycles. The highest BCUT2D eigenvalue weighted by Crippen LogP contribution is 2.28. The van der Waals surface area contributed by atoms with Gasteiger partial charge in [-0.25, -0.2) is 13.6 Å². The fraction of sp³-hybridized carbons (Fsp3) is 0.364. The maximum atomic E-state index is 11.2. The van der Waals surface area contributed by atoms with Gasteiger partial charge in [-0.3, -0.25) is 14.9 Å². The number of nitro groups is 1. The number of nitrogens with one attached hydrogen (secondary N) is 1. The van der Waals surface area contributed by atoms with Crippen LogP contribution in [0.2, 0.25) is 0 Å². The summed E-state index contributed by atoms with van der Waals surface area (Å²) in [6.45, 7) is 1.73. The van der Waals surface area contributed by atoms with Crippen LogP contribution in [0.5, 0.6) is 0 Å². The number of hydrogen-bond acceptors (Lipinski definition) is 6. The Bertz CT molecular complexity index is 658. The molecule has 0 spiro atoms. The second-order valence-corrected chi connectivity index (χ2v) is 5.89. The Hall–Kier alpha value is -2.20. The summed E-state index contributed by atoms with van der Waals surface area (Å²) in [7, 11) is -4.05. The number of benzene rings is 1. The summed E-state index contributed by atoms with van der Waals surface area (Å²) in [6.07, 6.45) is 0.213. The maximum Gasteiger partial charge on any atom is 0.305 e. The lowest BCUT2D eigenvalue weighted by atomic mass is 10.1. The molecule has 1 atom stereocenters. The van der Waals surface area contributed by atoms with Crippen LogP contribution in [-0.4, -0.2) is 30.5 Å². The van der Waals surface area contributed by atoms with Crippen molar-refractivity contribution in [1.82, 2.24) is 0 Å². The number of sulfonamides is 1. The minimum atomic E-state index is -4.05. The molecule has 0 bridgehead atoms. The first-order valence-corrected chi connectivity index (χ1v) is 7.49. The van der Waals surface area contributed by atoms with Crippen molar-refractivity contribution in [2.75, 3.05) is 5.32 Å². The molecule has 1 aromatic rings. The van der Waals surface area contributed by atoms with Crippen LogP contribution in [0, 0.1) is 10.1 Å². The molecule has 0 saturated carbocycles. The van der Waals surface area contributed by atoms with Crippen LogP contribution in [-0.2, 0) is 14.8 Å². The Balaban J connectivity index is 3.18. The number of aliphatic carboxylic acids is 1. The van der Waals surface area contributed by atoms with E-state index in [4.69, 9.17) is 10.2 Å². The molecule has 1 unspecified atom stereocenters. The molecule has 0 fully saturated rings. The SMILES string of the molecule is CCC(CC(=O)O)Nc1ccc(S(N)(=O)=O)cc1[N+](=O)[O-]. The van der Waals surface area contributed by atoms with Gasteiger partial charge in [0.15, 0.2) is 0 Å². The number of primary sulfonamides is 1. The van der Waals surface area contributed by atoms with Crippen molar-refractivity contribution in [3.63, 3.8) is 0 Å². The quantitative estimate of drug-likeness (QED) is 0.499. The fourth-order valence-corrected chi connectivity index (χ4v) is 2.22. The molecule has 0 aliphatic carbocycles. The average Bonchev–Trinajstić information content (AvgIpc) is 2.36. The van der Waals surface area contributed by atoms with Crippen LogP contribution in [0.25, 0.3) is 0 Å². The second-order valence-electron chi connectivity index (χ2n) is 4.33. The zero-order valence-electron chi connectivity index (χ0n) is 11.1. The van der Waals surface area contributed by atoms with E-state index in [2.05, 4.69) is 5.32 Å². The predicted molar refractivity (Wildman–Crippen MR) is 74.4 cm³/mol. The zero-order chi connectivity index (χ0) is 16.2. The van der Waals surface area contributed by atoms with Gasteiger partial charge in [0.2, 0.25) is 10.0 Å². The molecule has 0 aliphatic rings. The van der Waals surface area contributed by atoms with Crippen LogP contribution in [0.15, 0.2) is 23.1 Å². The molecule has 0 amide bonds. The van der Waals surface area contributed by atoms with Crippen molar-refractivity contribution in [3.05, 3.63) is 28.3 Å². The molecule has 10 heteroatoms. The third-order valence-corrected chi connectivity index (χ3v) is 3.68. The van der Waals surface area contributed by atoms with E-state index in [1.807, 2.05) is 0 Å². The minimum Gasteiger partial charge on any atom is -0.481 e. The van der Waals surface area contributed by atoms with E-state index in [0.717, 1.165) is 12.1 Å². The molecule has 1 rings (SSSR count). The number of nitro benzene ring substituents is 1. The summed E-state index contributed by atoms with van der Waals surface area (Å²) in [5, 5.41) is 27.4. The summed E-state index contributed by atoms with van der Waals surface area (Å²) in [5.41, 5.74) is -0.439. The molecule has 21 heavy (non-hydrogen) atoms. The molecule has 4 N–H and O–H groups in total. The smallest absolute Gasteiger partial charge is 0.305 e. The highest BCUT2D eigenvalue weighted by Gasteiger charge is 2.21. The van der Waals surface area contributed by atoms with Gasteiger partial charge in [-0.2, -0.15) is 0 Å². The van der Waals surface area contributed by atoms with Crippen LogP contribution in [0.1, 0.15) is 19.8 Å². The summed E-state index contributed by atoms with van der Waals surface area (Å²) < 4.78 is 22.4. The van der Waals surface area contributed by atoms with Gasteiger partial charge in [-0.05, 0) is 18.6 Å². The molecular weight excluding hydrogens is 302 g/mol. The number of hydrogen-bond donors (Lipinski definition) is 3. The lowest BCUT2D eigenvalue weighted by Crippen LogP contribution is -2.23. The Kier molecular flexibility index (Phi) is 5.22. The number of nitrogens with two attached hydrogens (primary N) is 1. The minimum absolute atomic E-state index is 0.0421. The van der Waals surface area contributed by atoms with Crippen LogP contribution in [0.3, 0.4) is 0 Å².